The SMILES string of the molecule is CCCCCCCCCCCCOCC(O)COc1ccccc1C. The molecular weight excluding hydrogens is 312 g/mol. The maximum absolute atomic E-state index is 9.91. The Bertz CT molecular complexity index is 419. The second-order valence-corrected chi connectivity index (χ2v) is 6.99. The maximum atomic E-state index is 9.91. The Kier molecular flexibility index (Phi) is 13.4. The molecule has 1 N–H and O–H groups in total. The summed E-state index contributed by atoms with van der Waals surface area (Å²) in [6, 6.07) is 7.85. The lowest BCUT2D eigenvalue weighted by Crippen LogP contribution is -2.23. The van der Waals surface area contributed by atoms with Crippen LogP contribution in [0.15, 0.2) is 24.3 Å². The number of aliphatic hydroxyl groups is 1. The first-order chi connectivity index (χ1) is 12.2. The van der Waals surface area contributed by atoms with E-state index in [0.717, 1.165) is 24.3 Å². The Morgan fingerprint density at radius 3 is 2.08 bits per heavy atom. The molecule has 1 rings (SSSR count). The number of hydrogen-bond donors (Lipinski definition) is 1. The Morgan fingerprint density at radius 2 is 1.44 bits per heavy atom. The van der Waals surface area contributed by atoms with Crippen LogP contribution in [0.2, 0.25) is 0 Å². The van der Waals surface area contributed by atoms with Crippen molar-refractivity contribution in [3.63, 3.8) is 0 Å². The predicted octanol–water partition coefficient (Wildman–Crippen LogP) is 5.67. The van der Waals surface area contributed by atoms with Crippen LogP contribution in [-0.2, 0) is 4.74 Å². The lowest BCUT2D eigenvalue weighted by molar-refractivity contribution is 0.0108. The minimum absolute atomic E-state index is 0.281. The number of rotatable bonds is 16. The first kappa shape index (κ1) is 22.0. The topological polar surface area (TPSA) is 38.7 Å². The van der Waals surface area contributed by atoms with Gasteiger partial charge in [-0.1, -0.05) is 82.9 Å². The summed E-state index contributed by atoms with van der Waals surface area (Å²) in [5.41, 5.74) is 1.08. The number of para-hydroxylation sites is 1. The van der Waals surface area contributed by atoms with E-state index < -0.39 is 6.10 Å². The highest BCUT2D eigenvalue weighted by Crippen LogP contribution is 2.16. The van der Waals surface area contributed by atoms with Crippen LogP contribution in [0.5, 0.6) is 5.75 Å². The van der Waals surface area contributed by atoms with Crippen molar-refractivity contribution in [2.45, 2.75) is 84.2 Å². The summed E-state index contributed by atoms with van der Waals surface area (Å²) in [7, 11) is 0. The van der Waals surface area contributed by atoms with Gasteiger partial charge in [-0.05, 0) is 25.0 Å². The molecule has 0 saturated carbocycles. The fourth-order valence-electron chi connectivity index (χ4n) is 2.86. The molecule has 0 spiro atoms. The highest BCUT2D eigenvalue weighted by Gasteiger charge is 2.06. The molecule has 1 aromatic carbocycles. The quantitative estimate of drug-likeness (QED) is 0.390. The van der Waals surface area contributed by atoms with Crippen molar-refractivity contribution < 1.29 is 14.6 Å². The number of ether oxygens (including phenoxy) is 2. The van der Waals surface area contributed by atoms with Crippen molar-refractivity contribution in [3.05, 3.63) is 29.8 Å². The van der Waals surface area contributed by atoms with Crippen LogP contribution in [0.25, 0.3) is 0 Å². The van der Waals surface area contributed by atoms with Crippen LogP contribution in [0.1, 0.15) is 76.7 Å². The molecule has 1 atom stereocenters. The normalized spacial score (nSPS) is 12.3. The third kappa shape index (κ3) is 12.0. The molecule has 0 amide bonds. The van der Waals surface area contributed by atoms with E-state index >= 15 is 0 Å². The molecule has 0 heterocycles. The minimum Gasteiger partial charge on any atom is -0.491 e. The summed E-state index contributed by atoms with van der Waals surface area (Å²) < 4.78 is 11.2. The molecule has 0 radical (unpaired) electrons. The fourth-order valence-corrected chi connectivity index (χ4v) is 2.86. The Morgan fingerprint density at radius 1 is 0.840 bits per heavy atom. The molecule has 1 aromatic rings. The molecule has 0 aromatic heterocycles. The van der Waals surface area contributed by atoms with Gasteiger partial charge in [0.25, 0.3) is 0 Å². The first-order valence-electron chi connectivity index (χ1n) is 10.2. The van der Waals surface area contributed by atoms with Gasteiger partial charge in [-0.3, -0.25) is 0 Å². The molecule has 25 heavy (non-hydrogen) atoms. The van der Waals surface area contributed by atoms with Gasteiger partial charge in [0.1, 0.15) is 18.5 Å². The second-order valence-electron chi connectivity index (χ2n) is 6.99. The molecule has 1 unspecified atom stereocenters. The summed E-state index contributed by atoms with van der Waals surface area (Å²) in [5, 5.41) is 9.91. The number of unbranched alkanes of at least 4 members (excludes halogenated alkanes) is 9. The van der Waals surface area contributed by atoms with Crippen LogP contribution in [0, 0.1) is 6.92 Å². The smallest absolute Gasteiger partial charge is 0.122 e. The van der Waals surface area contributed by atoms with E-state index in [4.69, 9.17) is 9.47 Å². The standard InChI is InChI=1S/C22H38O3/c1-3-4-5-6-7-8-9-10-11-14-17-24-18-21(23)19-25-22-16-13-12-15-20(22)2/h12-13,15-16,21,23H,3-11,14,17-19H2,1-2H3. The van der Waals surface area contributed by atoms with Gasteiger partial charge in [-0.15, -0.1) is 0 Å². The van der Waals surface area contributed by atoms with Crippen molar-refractivity contribution in [1.82, 2.24) is 0 Å². The fraction of sp³-hybridized carbons (Fsp3) is 0.727. The average Bonchev–Trinajstić information content (AvgIpc) is 2.62. The highest BCUT2D eigenvalue weighted by atomic mass is 16.5. The van der Waals surface area contributed by atoms with E-state index in [2.05, 4.69) is 6.92 Å². The molecule has 3 nitrogen and oxygen atoms in total. The Hall–Kier alpha value is -1.06. The van der Waals surface area contributed by atoms with Gasteiger partial charge < -0.3 is 14.6 Å². The number of hydrogen-bond acceptors (Lipinski definition) is 3. The Balaban J connectivity index is 1.87. The molecule has 0 aliphatic carbocycles. The lowest BCUT2D eigenvalue weighted by Gasteiger charge is -2.14. The summed E-state index contributed by atoms with van der Waals surface area (Å²) in [4.78, 5) is 0. The van der Waals surface area contributed by atoms with E-state index in [0.29, 0.717) is 6.61 Å². The minimum atomic E-state index is -0.567. The molecule has 0 aliphatic heterocycles. The number of aliphatic hydroxyl groups excluding tert-OH is 1. The van der Waals surface area contributed by atoms with Crippen molar-refractivity contribution in [2.24, 2.45) is 0 Å². The van der Waals surface area contributed by atoms with Gasteiger partial charge in [0.2, 0.25) is 0 Å². The molecular formula is C22H38O3. The van der Waals surface area contributed by atoms with Crippen LogP contribution in [0.3, 0.4) is 0 Å². The predicted molar refractivity (Wildman–Crippen MR) is 105 cm³/mol. The number of aryl methyl sites for hydroxylation is 1. The van der Waals surface area contributed by atoms with Crippen molar-refractivity contribution >= 4 is 0 Å². The van der Waals surface area contributed by atoms with E-state index in [1.165, 1.54) is 57.8 Å². The Labute approximate surface area is 154 Å². The van der Waals surface area contributed by atoms with Crippen molar-refractivity contribution in [3.8, 4) is 5.75 Å². The highest BCUT2D eigenvalue weighted by molar-refractivity contribution is 5.31. The van der Waals surface area contributed by atoms with Crippen LogP contribution in [-0.4, -0.2) is 31.0 Å². The summed E-state index contributed by atoms with van der Waals surface area (Å²) in [5.74, 6) is 0.830. The van der Waals surface area contributed by atoms with E-state index in [1.807, 2.05) is 31.2 Å². The first-order valence-corrected chi connectivity index (χ1v) is 10.2. The molecule has 0 bridgehead atoms. The lowest BCUT2D eigenvalue weighted by atomic mass is 10.1. The van der Waals surface area contributed by atoms with Crippen molar-refractivity contribution in [2.75, 3.05) is 19.8 Å². The van der Waals surface area contributed by atoms with Gasteiger partial charge in [0.05, 0.1) is 6.61 Å². The van der Waals surface area contributed by atoms with E-state index in [9.17, 15) is 5.11 Å². The zero-order valence-corrected chi connectivity index (χ0v) is 16.3. The molecule has 0 saturated heterocycles. The van der Waals surface area contributed by atoms with Gasteiger partial charge in [0.15, 0.2) is 0 Å². The summed E-state index contributed by atoms with van der Waals surface area (Å²) in [6.07, 6.45) is 12.7. The average molecular weight is 351 g/mol. The molecule has 0 aliphatic rings. The van der Waals surface area contributed by atoms with Crippen LogP contribution < -0.4 is 4.74 Å². The van der Waals surface area contributed by atoms with E-state index in [1.54, 1.807) is 0 Å². The molecule has 144 valence electrons. The third-order valence-corrected chi connectivity index (χ3v) is 4.48. The van der Waals surface area contributed by atoms with Gasteiger partial charge >= 0.3 is 0 Å². The van der Waals surface area contributed by atoms with Gasteiger partial charge in [-0.2, -0.15) is 0 Å². The van der Waals surface area contributed by atoms with Crippen LogP contribution in [0.4, 0.5) is 0 Å². The van der Waals surface area contributed by atoms with E-state index in [-0.39, 0.29) is 6.61 Å². The number of benzene rings is 1. The maximum Gasteiger partial charge on any atom is 0.122 e. The monoisotopic (exact) mass is 350 g/mol. The largest absolute Gasteiger partial charge is 0.491 e. The summed E-state index contributed by atoms with van der Waals surface area (Å²) >= 11 is 0. The molecule has 0 fully saturated rings. The van der Waals surface area contributed by atoms with Crippen molar-refractivity contribution in [1.29, 1.82) is 0 Å². The zero-order chi connectivity index (χ0) is 18.2. The summed E-state index contributed by atoms with van der Waals surface area (Å²) in [6.45, 7) is 5.63. The molecule has 3 heteroatoms. The zero-order valence-electron chi connectivity index (χ0n) is 16.3. The second kappa shape index (κ2) is 15.2. The van der Waals surface area contributed by atoms with Crippen LogP contribution >= 0.6 is 0 Å². The van der Waals surface area contributed by atoms with Gasteiger partial charge in [-0.25, -0.2) is 0 Å². The third-order valence-electron chi connectivity index (χ3n) is 4.48. The van der Waals surface area contributed by atoms with Gasteiger partial charge in [0, 0.05) is 6.61 Å².